The molecule has 92 valence electrons. The molecule has 1 unspecified atom stereocenters. The van der Waals surface area contributed by atoms with Crippen LogP contribution in [0, 0.1) is 11.8 Å². The molecule has 0 bridgehead atoms. The molecule has 2 aliphatic rings. The first-order valence-corrected chi connectivity index (χ1v) is 6.96. The second-order valence-corrected chi connectivity index (χ2v) is 5.63. The topological polar surface area (TPSA) is 26.3 Å². The minimum absolute atomic E-state index is 0.0544. The van der Waals surface area contributed by atoms with E-state index in [-0.39, 0.29) is 18.0 Å². The van der Waals surface area contributed by atoms with E-state index in [0.717, 1.165) is 25.2 Å². The highest BCUT2D eigenvalue weighted by Gasteiger charge is 2.26. The van der Waals surface area contributed by atoms with Crippen LogP contribution in [0.4, 0.5) is 0 Å². The summed E-state index contributed by atoms with van der Waals surface area (Å²) in [6.07, 6.45) is 11.3. The van der Waals surface area contributed by atoms with Crippen LogP contribution >= 0.6 is 0 Å². The third-order valence-corrected chi connectivity index (χ3v) is 4.15. The summed E-state index contributed by atoms with van der Waals surface area (Å²) >= 11 is 0. The molecule has 1 atom stereocenters. The molecule has 2 nitrogen and oxygen atoms in total. The second kappa shape index (κ2) is 5.70. The molecule has 0 aromatic rings. The van der Waals surface area contributed by atoms with E-state index >= 15 is 0 Å². The van der Waals surface area contributed by atoms with Gasteiger partial charge in [0.25, 0.3) is 0 Å². The Morgan fingerprint density at radius 3 is 2.31 bits per heavy atom. The van der Waals surface area contributed by atoms with E-state index in [1.165, 1.54) is 38.5 Å². The van der Waals surface area contributed by atoms with Crippen molar-refractivity contribution in [3.63, 3.8) is 0 Å². The molecule has 0 N–H and O–H groups in total. The lowest BCUT2D eigenvalue weighted by atomic mass is 9.95. The van der Waals surface area contributed by atoms with Crippen LogP contribution in [0.3, 0.4) is 0 Å². The fourth-order valence-corrected chi connectivity index (χ4v) is 3.13. The van der Waals surface area contributed by atoms with Crippen molar-refractivity contribution in [1.82, 2.24) is 0 Å². The highest BCUT2D eigenvalue weighted by atomic mass is 16.5. The van der Waals surface area contributed by atoms with E-state index < -0.39 is 0 Å². The van der Waals surface area contributed by atoms with Gasteiger partial charge < -0.3 is 4.74 Å². The number of hydrogen-bond donors (Lipinski definition) is 0. The molecule has 0 aliphatic heterocycles. The second-order valence-electron chi connectivity index (χ2n) is 5.63. The van der Waals surface area contributed by atoms with Gasteiger partial charge in [0.15, 0.2) is 0 Å². The summed E-state index contributed by atoms with van der Waals surface area (Å²) in [6.45, 7) is 2.04. The molecule has 0 amide bonds. The Kier molecular flexibility index (Phi) is 4.25. The lowest BCUT2D eigenvalue weighted by molar-refractivity contribution is -0.153. The monoisotopic (exact) mass is 224 g/mol. The van der Waals surface area contributed by atoms with Crippen molar-refractivity contribution in [1.29, 1.82) is 0 Å². The summed E-state index contributed by atoms with van der Waals surface area (Å²) in [6, 6.07) is 0. The van der Waals surface area contributed by atoms with Crippen molar-refractivity contribution in [2.24, 2.45) is 11.8 Å². The smallest absolute Gasteiger partial charge is 0.308 e. The molecule has 2 rings (SSSR count). The first-order valence-electron chi connectivity index (χ1n) is 6.96. The highest BCUT2D eigenvalue weighted by Crippen LogP contribution is 2.31. The molecule has 2 aliphatic carbocycles. The molecule has 0 aromatic heterocycles. The molecule has 0 heterocycles. The van der Waals surface area contributed by atoms with Gasteiger partial charge in [-0.25, -0.2) is 0 Å². The SMILES string of the molecule is CC(CC1CCCC1)C(=O)OC1CCCC1. The van der Waals surface area contributed by atoms with Crippen LogP contribution in [0.5, 0.6) is 0 Å². The quantitative estimate of drug-likeness (QED) is 0.681. The van der Waals surface area contributed by atoms with Crippen molar-refractivity contribution in [3.05, 3.63) is 0 Å². The number of esters is 1. The van der Waals surface area contributed by atoms with Crippen molar-refractivity contribution in [3.8, 4) is 0 Å². The maximum atomic E-state index is 11.9. The van der Waals surface area contributed by atoms with E-state index in [1.54, 1.807) is 0 Å². The number of carbonyl (C=O) groups is 1. The minimum atomic E-state index is 0.0544. The van der Waals surface area contributed by atoms with E-state index in [4.69, 9.17) is 4.74 Å². The molecule has 2 heteroatoms. The summed E-state index contributed by atoms with van der Waals surface area (Å²) < 4.78 is 5.54. The van der Waals surface area contributed by atoms with Gasteiger partial charge in [0.05, 0.1) is 5.92 Å². The lowest BCUT2D eigenvalue weighted by Gasteiger charge is -2.18. The lowest BCUT2D eigenvalue weighted by Crippen LogP contribution is -2.22. The van der Waals surface area contributed by atoms with E-state index in [1.807, 2.05) is 6.92 Å². The Hall–Kier alpha value is -0.530. The van der Waals surface area contributed by atoms with Crippen LogP contribution in [-0.2, 0) is 9.53 Å². The maximum Gasteiger partial charge on any atom is 0.308 e. The van der Waals surface area contributed by atoms with Crippen molar-refractivity contribution < 1.29 is 9.53 Å². The standard InChI is InChI=1S/C14H24O2/c1-11(10-12-6-2-3-7-12)14(15)16-13-8-4-5-9-13/h11-13H,2-10H2,1H3. The van der Waals surface area contributed by atoms with Gasteiger partial charge >= 0.3 is 5.97 Å². The van der Waals surface area contributed by atoms with Gasteiger partial charge in [-0.3, -0.25) is 4.79 Å². The van der Waals surface area contributed by atoms with Crippen LogP contribution in [-0.4, -0.2) is 12.1 Å². The van der Waals surface area contributed by atoms with E-state index in [2.05, 4.69) is 0 Å². The molecule has 0 radical (unpaired) electrons. The molecule has 0 saturated heterocycles. The van der Waals surface area contributed by atoms with Gasteiger partial charge in [0, 0.05) is 0 Å². The highest BCUT2D eigenvalue weighted by molar-refractivity contribution is 5.72. The van der Waals surface area contributed by atoms with Crippen molar-refractivity contribution in [2.75, 3.05) is 0 Å². The first kappa shape index (κ1) is 11.9. The van der Waals surface area contributed by atoms with Crippen molar-refractivity contribution >= 4 is 5.97 Å². The molecule has 2 fully saturated rings. The van der Waals surface area contributed by atoms with E-state index in [9.17, 15) is 4.79 Å². The van der Waals surface area contributed by atoms with Gasteiger partial charge in [-0.2, -0.15) is 0 Å². The zero-order valence-electron chi connectivity index (χ0n) is 10.4. The maximum absolute atomic E-state index is 11.9. The van der Waals surface area contributed by atoms with Gasteiger partial charge in [-0.05, 0) is 38.0 Å². The summed E-state index contributed by atoms with van der Waals surface area (Å²) in [4.78, 5) is 11.9. The third kappa shape index (κ3) is 3.23. The van der Waals surface area contributed by atoms with Gasteiger partial charge in [0.2, 0.25) is 0 Å². The first-order chi connectivity index (χ1) is 7.75. The van der Waals surface area contributed by atoms with Crippen LogP contribution in [0.2, 0.25) is 0 Å². The summed E-state index contributed by atoms with van der Waals surface area (Å²) in [5.74, 6) is 0.952. The summed E-state index contributed by atoms with van der Waals surface area (Å²) in [5.41, 5.74) is 0. The summed E-state index contributed by atoms with van der Waals surface area (Å²) in [7, 11) is 0. The Morgan fingerprint density at radius 1 is 1.12 bits per heavy atom. The van der Waals surface area contributed by atoms with Gasteiger partial charge in [-0.1, -0.05) is 32.6 Å². The zero-order valence-corrected chi connectivity index (χ0v) is 10.4. The fourth-order valence-electron chi connectivity index (χ4n) is 3.13. The van der Waals surface area contributed by atoms with Crippen molar-refractivity contribution in [2.45, 2.75) is 70.8 Å². The minimum Gasteiger partial charge on any atom is -0.462 e. The number of ether oxygens (including phenoxy) is 1. The molecule has 2 saturated carbocycles. The average Bonchev–Trinajstić information content (AvgIpc) is 2.90. The Balaban J connectivity index is 1.70. The Labute approximate surface area is 98.7 Å². The van der Waals surface area contributed by atoms with Gasteiger partial charge in [-0.15, -0.1) is 0 Å². The van der Waals surface area contributed by atoms with Crippen LogP contribution in [0.1, 0.15) is 64.7 Å². The van der Waals surface area contributed by atoms with Crippen LogP contribution in [0.25, 0.3) is 0 Å². The molecule has 0 aromatic carbocycles. The average molecular weight is 224 g/mol. The normalized spacial score (nSPS) is 24.8. The predicted molar refractivity (Wildman–Crippen MR) is 64.1 cm³/mol. The number of carbonyl (C=O) groups excluding carboxylic acids is 1. The number of rotatable bonds is 4. The summed E-state index contributed by atoms with van der Waals surface area (Å²) in [5, 5.41) is 0. The molecular formula is C14H24O2. The Bertz CT molecular complexity index is 225. The van der Waals surface area contributed by atoms with Gasteiger partial charge in [0.1, 0.15) is 6.10 Å². The largest absolute Gasteiger partial charge is 0.462 e. The fraction of sp³-hybridized carbons (Fsp3) is 0.929. The predicted octanol–water partition coefficient (Wildman–Crippen LogP) is 3.69. The molecular weight excluding hydrogens is 200 g/mol. The van der Waals surface area contributed by atoms with Crippen LogP contribution < -0.4 is 0 Å². The van der Waals surface area contributed by atoms with Crippen LogP contribution in [0.15, 0.2) is 0 Å². The third-order valence-electron chi connectivity index (χ3n) is 4.15. The Morgan fingerprint density at radius 2 is 1.69 bits per heavy atom. The molecule has 16 heavy (non-hydrogen) atoms. The molecule has 0 spiro atoms. The number of hydrogen-bond acceptors (Lipinski definition) is 2. The zero-order chi connectivity index (χ0) is 11.4. The van der Waals surface area contributed by atoms with E-state index in [0.29, 0.717) is 0 Å².